The first kappa shape index (κ1) is 16.2. The van der Waals surface area contributed by atoms with E-state index < -0.39 is 11.0 Å². The van der Waals surface area contributed by atoms with Gasteiger partial charge in [-0.1, -0.05) is 0 Å². The van der Waals surface area contributed by atoms with Crippen LogP contribution in [-0.4, -0.2) is 21.0 Å². The highest BCUT2D eigenvalue weighted by Gasteiger charge is 2.13. The molecule has 1 aromatic heterocycles. The molecular weight excluding hydrogens is 300 g/mol. The summed E-state index contributed by atoms with van der Waals surface area (Å²) in [4.78, 5) is 26.2. The normalized spacial score (nSPS) is 10.2. The highest BCUT2D eigenvalue weighted by molar-refractivity contribution is 5.99. The first-order chi connectivity index (χ1) is 10.8. The number of amides is 2. The number of hydrogen-bond acceptors (Lipinski definition) is 5. The number of nitrogens with zero attached hydrogens (tertiary/aromatic N) is 2. The molecule has 0 bridgehead atoms. The minimum absolute atomic E-state index is 0.0572. The second kappa shape index (κ2) is 6.30. The third-order valence-corrected chi connectivity index (χ3v) is 3.46. The van der Waals surface area contributed by atoms with Gasteiger partial charge in [0.05, 0.1) is 10.6 Å². The molecule has 2 amide bonds. The Bertz CT molecular complexity index is 772. The van der Waals surface area contributed by atoms with Crippen molar-refractivity contribution in [1.82, 2.24) is 4.98 Å². The standard InChI is InChI=1S/C15H16N4O4/c1-8-9(2)14(16-10(3)13(8)20)18-15(21)17-11-4-6-12(7-5-11)19(22)23/h4-7,20H,1-3H3,(H2,16,17,18,21). The lowest BCUT2D eigenvalue weighted by molar-refractivity contribution is -0.384. The fourth-order valence-electron chi connectivity index (χ4n) is 1.99. The van der Waals surface area contributed by atoms with Crippen molar-refractivity contribution < 1.29 is 14.8 Å². The van der Waals surface area contributed by atoms with Crippen molar-refractivity contribution in [2.24, 2.45) is 0 Å². The third-order valence-electron chi connectivity index (χ3n) is 3.46. The number of nitro groups is 1. The van der Waals surface area contributed by atoms with E-state index in [-0.39, 0.29) is 11.4 Å². The Kier molecular flexibility index (Phi) is 4.44. The molecule has 120 valence electrons. The molecule has 0 radical (unpaired) electrons. The number of nitrogens with one attached hydrogen (secondary N) is 2. The summed E-state index contributed by atoms with van der Waals surface area (Å²) in [6.07, 6.45) is 0. The first-order valence-corrected chi connectivity index (χ1v) is 6.79. The van der Waals surface area contributed by atoms with Crippen LogP contribution in [0.5, 0.6) is 5.75 Å². The molecule has 3 N–H and O–H groups in total. The average molecular weight is 316 g/mol. The van der Waals surface area contributed by atoms with E-state index in [1.165, 1.54) is 24.3 Å². The summed E-state index contributed by atoms with van der Waals surface area (Å²) in [6.45, 7) is 5.11. The van der Waals surface area contributed by atoms with Crippen LogP contribution in [0.15, 0.2) is 24.3 Å². The van der Waals surface area contributed by atoms with Gasteiger partial charge in [0.15, 0.2) is 0 Å². The van der Waals surface area contributed by atoms with E-state index in [1.807, 2.05) is 0 Å². The maximum Gasteiger partial charge on any atom is 0.324 e. The molecule has 2 rings (SSSR count). The Labute approximate surface area is 132 Å². The fourth-order valence-corrected chi connectivity index (χ4v) is 1.99. The quantitative estimate of drug-likeness (QED) is 0.593. The molecule has 2 aromatic rings. The van der Waals surface area contributed by atoms with Gasteiger partial charge in [0.25, 0.3) is 5.69 Å². The Morgan fingerprint density at radius 2 is 1.74 bits per heavy atom. The van der Waals surface area contributed by atoms with Crippen LogP contribution in [-0.2, 0) is 0 Å². The summed E-state index contributed by atoms with van der Waals surface area (Å²) in [5, 5.41) is 25.5. The van der Waals surface area contributed by atoms with Gasteiger partial charge in [-0.3, -0.25) is 15.4 Å². The lowest BCUT2D eigenvalue weighted by Gasteiger charge is -2.13. The third kappa shape index (κ3) is 3.54. The maximum atomic E-state index is 12.0. The molecule has 0 unspecified atom stereocenters. The van der Waals surface area contributed by atoms with Crippen molar-refractivity contribution in [3.05, 3.63) is 51.2 Å². The van der Waals surface area contributed by atoms with Crippen molar-refractivity contribution in [3.63, 3.8) is 0 Å². The molecular formula is C15H16N4O4. The van der Waals surface area contributed by atoms with Crippen LogP contribution in [0, 0.1) is 30.9 Å². The lowest BCUT2D eigenvalue weighted by atomic mass is 10.1. The van der Waals surface area contributed by atoms with E-state index in [1.54, 1.807) is 20.8 Å². The van der Waals surface area contributed by atoms with E-state index >= 15 is 0 Å². The minimum Gasteiger partial charge on any atom is -0.506 e. The number of aromatic nitrogens is 1. The van der Waals surface area contributed by atoms with Crippen molar-refractivity contribution >= 4 is 23.2 Å². The number of rotatable bonds is 3. The van der Waals surface area contributed by atoms with Crippen LogP contribution in [0.25, 0.3) is 0 Å². The second-order valence-electron chi connectivity index (χ2n) is 5.03. The summed E-state index contributed by atoms with van der Waals surface area (Å²) in [6, 6.07) is 4.94. The molecule has 1 aromatic carbocycles. The molecule has 0 saturated carbocycles. The largest absolute Gasteiger partial charge is 0.506 e. The van der Waals surface area contributed by atoms with Crippen molar-refractivity contribution in [2.45, 2.75) is 20.8 Å². The smallest absolute Gasteiger partial charge is 0.324 e. The molecule has 0 aliphatic carbocycles. The Morgan fingerprint density at radius 1 is 1.13 bits per heavy atom. The molecule has 0 spiro atoms. The number of pyridine rings is 1. The van der Waals surface area contributed by atoms with Gasteiger partial charge in [-0.2, -0.15) is 0 Å². The number of carbonyl (C=O) groups is 1. The molecule has 1 heterocycles. The number of aromatic hydroxyl groups is 1. The van der Waals surface area contributed by atoms with Crippen LogP contribution in [0.3, 0.4) is 0 Å². The fraction of sp³-hybridized carbons (Fsp3) is 0.200. The van der Waals surface area contributed by atoms with Crippen LogP contribution < -0.4 is 10.6 Å². The number of benzene rings is 1. The second-order valence-corrected chi connectivity index (χ2v) is 5.03. The monoisotopic (exact) mass is 316 g/mol. The van der Waals surface area contributed by atoms with Crippen molar-refractivity contribution in [1.29, 1.82) is 0 Å². The van der Waals surface area contributed by atoms with Crippen LogP contribution >= 0.6 is 0 Å². The summed E-state index contributed by atoms with van der Waals surface area (Å²) in [5.74, 6) is 0.445. The number of aryl methyl sites for hydroxylation is 1. The zero-order valence-corrected chi connectivity index (χ0v) is 12.9. The van der Waals surface area contributed by atoms with Crippen LogP contribution in [0.1, 0.15) is 16.8 Å². The molecule has 0 fully saturated rings. The molecule has 0 saturated heterocycles. The van der Waals surface area contributed by atoms with Gasteiger partial charge in [-0.15, -0.1) is 0 Å². The Hall–Kier alpha value is -3.16. The molecule has 8 nitrogen and oxygen atoms in total. The van der Waals surface area contributed by atoms with Crippen LogP contribution in [0.2, 0.25) is 0 Å². The van der Waals surface area contributed by atoms with E-state index in [2.05, 4.69) is 15.6 Å². The predicted molar refractivity (Wildman–Crippen MR) is 85.9 cm³/mol. The number of nitro benzene ring substituents is 1. The Morgan fingerprint density at radius 3 is 2.30 bits per heavy atom. The molecule has 23 heavy (non-hydrogen) atoms. The van der Waals surface area contributed by atoms with Gasteiger partial charge in [0, 0.05) is 17.8 Å². The number of anilines is 2. The number of carbonyl (C=O) groups excluding carboxylic acids is 1. The van der Waals surface area contributed by atoms with E-state index in [4.69, 9.17) is 0 Å². The maximum absolute atomic E-state index is 12.0. The van der Waals surface area contributed by atoms with Crippen molar-refractivity contribution in [3.8, 4) is 5.75 Å². The Balaban J connectivity index is 2.12. The van der Waals surface area contributed by atoms with Gasteiger partial charge in [-0.05, 0) is 44.0 Å². The van der Waals surface area contributed by atoms with E-state index in [0.717, 1.165) is 0 Å². The molecule has 0 aliphatic heterocycles. The van der Waals surface area contributed by atoms with Crippen LogP contribution in [0.4, 0.5) is 22.0 Å². The number of hydrogen-bond donors (Lipinski definition) is 3. The zero-order chi connectivity index (χ0) is 17.1. The molecule has 8 heteroatoms. The predicted octanol–water partition coefficient (Wildman–Crippen LogP) is 3.26. The van der Waals surface area contributed by atoms with E-state index in [9.17, 15) is 20.0 Å². The van der Waals surface area contributed by atoms with Gasteiger partial charge in [0.2, 0.25) is 0 Å². The van der Waals surface area contributed by atoms with Crippen molar-refractivity contribution in [2.75, 3.05) is 10.6 Å². The van der Waals surface area contributed by atoms with Gasteiger partial charge >= 0.3 is 6.03 Å². The number of urea groups is 1. The summed E-state index contributed by atoms with van der Waals surface area (Å²) in [7, 11) is 0. The molecule has 0 aliphatic rings. The summed E-state index contributed by atoms with van der Waals surface area (Å²) >= 11 is 0. The summed E-state index contributed by atoms with van der Waals surface area (Å²) in [5.41, 5.74) is 2.07. The lowest BCUT2D eigenvalue weighted by Crippen LogP contribution is -2.21. The summed E-state index contributed by atoms with van der Waals surface area (Å²) < 4.78 is 0. The average Bonchev–Trinajstić information content (AvgIpc) is 2.51. The molecule has 0 atom stereocenters. The van der Waals surface area contributed by atoms with Gasteiger partial charge < -0.3 is 10.4 Å². The zero-order valence-electron chi connectivity index (χ0n) is 12.9. The van der Waals surface area contributed by atoms with Gasteiger partial charge in [-0.25, -0.2) is 9.78 Å². The number of non-ortho nitro benzene ring substituents is 1. The highest BCUT2D eigenvalue weighted by Crippen LogP contribution is 2.27. The van der Waals surface area contributed by atoms with E-state index in [0.29, 0.717) is 28.3 Å². The first-order valence-electron chi connectivity index (χ1n) is 6.79. The van der Waals surface area contributed by atoms with Gasteiger partial charge in [0.1, 0.15) is 11.6 Å². The SMILES string of the molecule is Cc1nc(NC(=O)Nc2ccc([N+](=O)[O-])cc2)c(C)c(C)c1O. The highest BCUT2D eigenvalue weighted by atomic mass is 16.6. The topological polar surface area (TPSA) is 117 Å². The minimum atomic E-state index is -0.529.